The molecule has 0 saturated carbocycles. The Labute approximate surface area is 277 Å². The molecule has 45 heavy (non-hydrogen) atoms. The summed E-state index contributed by atoms with van der Waals surface area (Å²) >= 11 is 0. The van der Waals surface area contributed by atoms with Gasteiger partial charge in [-0.15, -0.1) is 0 Å². The van der Waals surface area contributed by atoms with Crippen molar-refractivity contribution in [2.75, 3.05) is 0 Å². The first-order valence-electron chi connectivity index (χ1n) is 20.0. The molecule has 0 fully saturated rings. The zero-order valence-electron chi connectivity index (χ0n) is 34.7. The van der Waals surface area contributed by atoms with E-state index in [1.54, 1.807) is 12.1 Å². The average Bonchev–Trinajstić information content (AvgIpc) is 3.63. The number of hydrogen-bond acceptors (Lipinski definition) is 1. The van der Waals surface area contributed by atoms with E-state index in [0.717, 1.165) is 32.7 Å². The minimum atomic E-state index is -0.487. The van der Waals surface area contributed by atoms with Crippen LogP contribution in [0.2, 0.25) is 0 Å². The highest BCUT2D eigenvalue weighted by atomic mass is 16.3. The topological polar surface area (TPSA) is 13.1 Å². The molecule has 1 heterocycles. The summed E-state index contributed by atoms with van der Waals surface area (Å²) in [6, 6.07) is 28.6. The van der Waals surface area contributed by atoms with E-state index >= 15 is 0 Å². The molecule has 0 aliphatic carbocycles. The molecule has 0 aliphatic rings. The Morgan fingerprint density at radius 3 is 1.62 bits per heavy atom. The van der Waals surface area contributed by atoms with E-state index in [1.807, 2.05) is 91.0 Å². The standard InChI is InChI=1S/C44H28O/c1-2-12-30(13-3-1)33-14-4-5-16-35(33)44-38-19-8-6-17-36(38)43(37-18-7-9-20-39(37)44)31-24-22-29(23-25-31)32-26-27-42-40(28-32)34-15-10-11-21-41(34)45-42/h1-28H/i4D,5D,10D,11D,14D,15D,16D,21D,26D,27D,28D. The predicted octanol–water partition coefficient (Wildman–Crippen LogP) is 12.6. The van der Waals surface area contributed by atoms with Gasteiger partial charge in [0.25, 0.3) is 0 Å². The number of furan rings is 1. The molecule has 0 unspecified atom stereocenters. The summed E-state index contributed by atoms with van der Waals surface area (Å²) in [5.74, 6) is 0. The van der Waals surface area contributed by atoms with Crippen molar-refractivity contribution in [3.05, 3.63) is 170 Å². The Hall–Kier alpha value is -5.92. The van der Waals surface area contributed by atoms with Crippen LogP contribution < -0.4 is 0 Å². The van der Waals surface area contributed by atoms with Crippen LogP contribution in [0.1, 0.15) is 15.1 Å². The maximum Gasteiger partial charge on any atom is 0.135 e. The molecule has 0 saturated heterocycles. The lowest BCUT2D eigenvalue weighted by molar-refractivity contribution is 0.669. The zero-order valence-corrected chi connectivity index (χ0v) is 23.7. The average molecular weight is 584 g/mol. The first kappa shape index (κ1) is 16.8. The predicted molar refractivity (Wildman–Crippen MR) is 190 cm³/mol. The molecular weight excluding hydrogens is 544 g/mol. The molecule has 0 radical (unpaired) electrons. The third kappa shape index (κ3) is 4.17. The summed E-state index contributed by atoms with van der Waals surface area (Å²) in [6.07, 6.45) is 0. The van der Waals surface area contributed by atoms with Crippen LogP contribution in [0.25, 0.3) is 88.0 Å². The van der Waals surface area contributed by atoms with Gasteiger partial charge >= 0.3 is 0 Å². The van der Waals surface area contributed by atoms with Crippen molar-refractivity contribution >= 4 is 43.5 Å². The molecule has 0 N–H and O–H groups in total. The molecule has 9 aromatic rings. The highest BCUT2D eigenvalue weighted by Crippen LogP contribution is 2.46. The lowest BCUT2D eigenvalue weighted by atomic mass is 9.83. The lowest BCUT2D eigenvalue weighted by Gasteiger charge is -2.19. The summed E-state index contributed by atoms with van der Waals surface area (Å²) < 4.78 is 101. The van der Waals surface area contributed by atoms with Crippen LogP contribution in [-0.4, -0.2) is 0 Å². The van der Waals surface area contributed by atoms with Crippen molar-refractivity contribution in [3.63, 3.8) is 0 Å². The minimum absolute atomic E-state index is 0.000835. The second-order valence-electron chi connectivity index (χ2n) is 10.8. The molecule has 0 aliphatic heterocycles. The highest BCUT2D eigenvalue weighted by molar-refractivity contribution is 6.22. The van der Waals surface area contributed by atoms with Crippen molar-refractivity contribution in [2.24, 2.45) is 0 Å². The number of hydrogen-bond donors (Lipinski definition) is 0. The third-order valence-corrected chi connectivity index (χ3v) is 8.28. The van der Waals surface area contributed by atoms with Gasteiger partial charge in [0.2, 0.25) is 0 Å². The van der Waals surface area contributed by atoms with E-state index in [9.17, 15) is 2.74 Å². The molecule has 1 heteroatoms. The Bertz CT molecular complexity index is 3080. The van der Waals surface area contributed by atoms with Gasteiger partial charge in [-0.25, -0.2) is 0 Å². The molecular formula is C44H28O. The van der Waals surface area contributed by atoms with Gasteiger partial charge in [-0.3, -0.25) is 0 Å². The van der Waals surface area contributed by atoms with Crippen LogP contribution in [0.5, 0.6) is 0 Å². The molecule has 0 atom stereocenters. The van der Waals surface area contributed by atoms with Crippen LogP contribution in [-0.2, 0) is 0 Å². The zero-order chi connectivity index (χ0) is 39.3. The molecule has 9 rings (SSSR count). The molecule has 0 amide bonds. The van der Waals surface area contributed by atoms with Crippen LogP contribution >= 0.6 is 0 Å². The minimum Gasteiger partial charge on any atom is -0.456 e. The van der Waals surface area contributed by atoms with Gasteiger partial charge in [-0.2, -0.15) is 0 Å². The maximum absolute atomic E-state index is 9.23. The van der Waals surface area contributed by atoms with E-state index in [-0.39, 0.29) is 75.8 Å². The van der Waals surface area contributed by atoms with Crippen molar-refractivity contribution < 1.29 is 19.5 Å². The van der Waals surface area contributed by atoms with Gasteiger partial charge in [-0.1, -0.05) is 151 Å². The normalized spacial score (nSPS) is 15.0. The maximum atomic E-state index is 9.23. The van der Waals surface area contributed by atoms with Crippen LogP contribution in [0.15, 0.2) is 174 Å². The number of rotatable bonds is 4. The quantitative estimate of drug-likeness (QED) is 0.188. The lowest BCUT2D eigenvalue weighted by Crippen LogP contribution is -1.92. The van der Waals surface area contributed by atoms with E-state index in [4.69, 9.17) is 16.8 Å². The molecule has 0 spiro atoms. The van der Waals surface area contributed by atoms with E-state index in [1.165, 1.54) is 0 Å². The molecule has 1 nitrogen and oxygen atoms in total. The Kier molecular flexibility index (Phi) is 3.87. The fourth-order valence-corrected chi connectivity index (χ4v) is 6.28. The van der Waals surface area contributed by atoms with E-state index in [0.29, 0.717) is 27.8 Å². The second kappa shape index (κ2) is 10.4. The largest absolute Gasteiger partial charge is 0.456 e. The summed E-state index contributed by atoms with van der Waals surface area (Å²) in [5.41, 5.74) is 4.13. The molecule has 210 valence electrons. The summed E-state index contributed by atoms with van der Waals surface area (Å²) in [7, 11) is 0. The Morgan fingerprint density at radius 2 is 0.911 bits per heavy atom. The van der Waals surface area contributed by atoms with Crippen molar-refractivity contribution in [1.29, 1.82) is 0 Å². The number of fused-ring (bicyclic) bond motifs is 5. The summed E-state index contributed by atoms with van der Waals surface area (Å²) in [5, 5.41) is 3.31. The van der Waals surface area contributed by atoms with Crippen molar-refractivity contribution in [2.45, 2.75) is 0 Å². The fourth-order valence-electron chi connectivity index (χ4n) is 6.28. The van der Waals surface area contributed by atoms with Crippen molar-refractivity contribution in [3.8, 4) is 44.5 Å². The third-order valence-electron chi connectivity index (χ3n) is 8.28. The van der Waals surface area contributed by atoms with Crippen LogP contribution in [0.4, 0.5) is 0 Å². The SMILES string of the molecule is [2H]c1c([2H])c([2H])c(-c2c3ccccc3c(-c3ccc(-c4c([2H])c([2H])c5oc6c([2H])c([2H])c([2H])c([2H])c6c5c4[2H])cc3)c3ccccc23)c(-c2ccccc2)c1[2H]. The molecule has 1 aromatic heterocycles. The van der Waals surface area contributed by atoms with Crippen LogP contribution in [0, 0.1) is 0 Å². The fraction of sp³-hybridized carbons (Fsp3) is 0. The molecule has 8 aromatic carbocycles. The van der Waals surface area contributed by atoms with Gasteiger partial charge in [0, 0.05) is 10.8 Å². The highest BCUT2D eigenvalue weighted by Gasteiger charge is 2.18. The summed E-state index contributed by atoms with van der Waals surface area (Å²) in [4.78, 5) is 0. The van der Waals surface area contributed by atoms with Gasteiger partial charge in [0.15, 0.2) is 0 Å². The van der Waals surface area contributed by atoms with Gasteiger partial charge in [0.1, 0.15) is 11.2 Å². The van der Waals surface area contributed by atoms with Gasteiger partial charge in [-0.05, 0) is 84.2 Å². The smallest absolute Gasteiger partial charge is 0.135 e. The molecule has 0 bridgehead atoms. The Morgan fingerprint density at radius 1 is 0.356 bits per heavy atom. The van der Waals surface area contributed by atoms with Crippen molar-refractivity contribution in [1.82, 2.24) is 0 Å². The van der Waals surface area contributed by atoms with Gasteiger partial charge < -0.3 is 4.42 Å². The first-order chi connectivity index (χ1) is 26.9. The Balaban J connectivity index is 1.29. The monoisotopic (exact) mass is 583 g/mol. The van der Waals surface area contributed by atoms with E-state index < -0.39 is 18.1 Å². The van der Waals surface area contributed by atoms with E-state index in [2.05, 4.69) is 0 Å². The first-order valence-corrected chi connectivity index (χ1v) is 14.5. The van der Waals surface area contributed by atoms with Crippen LogP contribution in [0.3, 0.4) is 0 Å². The number of para-hydroxylation sites is 1. The summed E-state index contributed by atoms with van der Waals surface area (Å²) in [6.45, 7) is 0. The number of benzene rings is 8. The second-order valence-corrected chi connectivity index (χ2v) is 10.8. The van der Waals surface area contributed by atoms with Gasteiger partial charge in [0.05, 0.1) is 15.1 Å².